The van der Waals surface area contributed by atoms with Crippen molar-refractivity contribution in [2.75, 3.05) is 13.1 Å². The Morgan fingerprint density at radius 2 is 1.73 bits per heavy atom. The maximum absolute atomic E-state index is 15.2. The number of amides is 1. The van der Waals surface area contributed by atoms with Gasteiger partial charge in [-0.3, -0.25) is 4.79 Å². The molecule has 0 aromatic heterocycles. The monoisotopic (exact) mass is 466 g/mol. The fraction of sp³-hybridized carbons (Fsp3) is 0.391. The number of carbonyl (C=O) groups excluding carboxylic acids is 1. The van der Waals surface area contributed by atoms with Crippen LogP contribution in [0.15, 0.2) is 41.4 Å². The molecule has 0 N–H and O–H groups in total. The van der Waals surface area contributed by atoms with E-state index >= 15 is 8.78 Å². The van der Waals surface area contributed by atoms with Crippen LogP contribution in [-0.4, -0.2) is 35.5 Å². The first-order valence-electron chi connectivity index (χ1n) is 10.4. The second-order valence-corrected chi connectivity index (χ2v) is 8.56. The third-order valence-corrected chi connectivity index (χ3v) is 6.73. The summed E-state index contributed by atoms with van der Waals surface area (Å²) in [6.07, 6.45) is 1.04. The highest BCUT2D eigenvalue weighted by atomic mass is 19.3. The lowest BCUT2D eigenvalue weighted by Crippen LogP contribution is -2.52. The number of benzene rings is 2. The van der Waals surface area contributed by atoms with E-state index in [9.17, 15) is 18.0 Å². The molecule has 10 heteroatoms. The van der Waals surface area contributed by atoms with Gasteiger partial charge in [-0.15, -0.1) is 0 Å². The van der Waals surface area contributed by atoms with Gasteiger partial charge in [-0.05, 0) is 43.0 Å². The molecule has 33 heavy (non-hydrogen) atoms. The van der Waals surface area contributed by atoms with Gasteiger partial charge < -0.3 is 14.4 Å². The molecule has 1 saturated heterocycles. The summed E-state index contributed by atoms with van der Waals surface area (Å²) in [4.78, 5) is 17.7. The maximum atomic E-state index is 15.2. The van der Waals surface area contributed by atoms with Crippen molar-refractivity contribution in [3.8, 4) is 0 Å². The van der Waals surface area contributed by atoms with E-state index in [0.717, 1.165) is 18.1 Å². The third-order valence-electron chi connectivity index (χ3n) is 6.73. The lowest BCUT2D eigenvalue weighted by molar-refractivity contribution is -0.179. The lowest BCUT2D eigenvalue weighted by Gasteiger charge is -2.40. The Bertz CT molecular complexity index is 1180. The van der Waals surface area contributed by atoms with E-state index in [-0.39, 0.29) is 6.02 Å². The van der Waals surface area contributed by atoms with Crippen LogP contribution in [-0.2, 0) is 32.4 Å². The van der Waals surface area contributed by atoms with Crippen molar-refractivity contribution in [3.05, 3.63) is 70.5 Å². The molecule has 0 bridgehead atoms. The van der Waals surface area contributed by atoms with Crippen molar-refractivity contribution >= 4 is 11.9 Å². The van der Waals surface area contributed by atoms with Crippen LogP contribution in [0.5, 0.6) is 0 Å². The summed E-state index contributed by atoms with van der Waals surface area (Å²) in [5, 5.41) is 0. The van der Waals surface area contributed by atoms with Crippen LogP contribution in [0.1, 0.15) is 36.5 Å². The number of hydrogen-bond acceptors (Lipinski definition) is 4. The highest BCUT2D eigenvalue weighted by Gasteiger charge is 2.64. The number of aliphatic imine (C=N–C) groups is 1. The van der Waals surface area contributed by atoms with Crippen LogP contribution in [0.4, 0.5) is 22.0 Å². The van der Waals surface area contributed by atoms with Crippen molar-refractivity contribution in [2.24, 2.45) is 4.99 Å². The minimum Gasteiger partial charge on any atom is -0.441 e. The molecule has 3 heterocycles. The van der Waals surface area contributed by atoms with Crippen molar-refractivity contribution in [3.63, 3.8) is 0 Å². The van der Waals surface area contributed by atoms with E-state index in [1.165, 1.54) is 0 Å². The number of likely N-dealkylation sites (tertiary alicyclic amines) is 1. The van der Waals surface area contributed by atoms with Gasteiger partial charge in [0, 0.05) is 13.1 Å². The molecule has 1 spiro atoms. The van der Waals surface area contributed by atoms with Gasteiger partial charge in [0.1, 0.15) is 0 Å². The number of piperidine rings is 1. The number of halogens is 5. The quantitative estimate of drug-likeness (QED) is 0.487. The molecule has 1 atom stereocenters. The second-order valence-electron chi connectivity index (χ2n) is 8.56. The molecule has 3 aliphatic rings. The number of nitrogens with zero attached hydrogens (tertiary/aromatic N) is 2. The van der Waals surface area contributed by atoms with Crippen LogP contribution >= 0.6 is 0 Å². The average molecular weight is 466 g/mol. The zero-order chi connectivity index (χ0) is 23.6. The molecule has 1 amide bonds. The molecule has 1 unspecified atom stereocenters. The zero-order valence-electron chi connectivity index (χ0n) is 17.5. The molecule has 174 valence electrons. The summed E-state index contributed by atoms with van der Waals surface area (Å²) >= 11 is 0. The smallest absolute Gasteiger partial charge is 0.323 e. The minimum atomic E-state index is -4.32. The summed E-state index contributed by atoms with van der Waals surface area (Å²) in [6.45, 7) is 1.88. The van der Waals surface area contributed by atoms with Crippen LogP contribution < -0.4 is 0 Å². The molecule has 0 saturated carbocycles. The van der Waals surface area contributed by atoms with Gasteiger partial charge in [0.2, 0.25) is 0 Å². The lowest BCUT2D eigenvalue weighted by atomic mass is 9.84. The minimum absolute atomic E-state index is 0.314. The Labute approximate surface area is 185 Å². The first-order chi connectivity index (χ1) is 15.6. The molecule has 5 nitrogen and oxygen atoms in total. The van der Waals surface area contributed by atoms with E-state index in [0.29, 0.717) is 44.7 Å². The SMILES string of the molecule is CC1(C(F)(F)c2ccc(F)c(F)c2F)OC(N2CCC3(CC2)OCc2ccccc23)=NC1=O. The molecule has 5 rings (SSSR count). The van der Waals surface area contributed by atoms with Gasteiger partial charge >= 0.3 is 11.8 Å². The summed E-state index contributed by atoms with van der Waals surface area (Å²) in [5.74, 6) is -11.4. The number of ether oxygens (including phenoxy) is 2. The summed E-state index contributed by atoms with van der Waals surface area (Å²) < 4.78 is 82.8. The van der Waals surface area contributed by atoms with Gasteiger partial charge in [0.25, 0.3) is 11.6 Å². The van der Waals surface area contributed by atoms with Crippen LogP contribution in [0, 0.1) is 17.5 Å². The van der Waals surface area contributed by atoms with E-state index in [2.05, 4.69) is 4.99 Å². The van der Waals surface area contributed by atoms with Crippen molar-refractivity contribution in [2.45, 2.75) is 43.5 Å². The standard InChI is InChI=1S/C23H19F5N2O3/c1-21(23(27,28)15-6-7-16(24)18(26)17(15)25)19(31)29-20(33-21)30-10-8-22(9-11-30)14-5-3-2-4-13(14)12-32-22/h2-7H,8-12H2,1H3. The van der Waals surface area contributed by atoms with Crippen molar-refractivity contribution < 1.29 is 36.2 Å². The first-order valence-corrected chi connectivity index (χ1v) is 10.4. The summed E-state index contributed by atoms with van der Waals surface area (Å²) in [5.41, 5.74) is -2.73. The fourth-order valence-electron chi connectivity index (χ4n) is 4.66. The van der Waals surface area contributed by atoms with Gasteiger partial charge in [-0.25, -0.2) is 13.2 Å². The van der Waals surface area contributed by atoms with E-state index < -0.39 is 46.0 Å². The number of hydrogen-bond donors (Lipinski definition) is 0. The Morgan fingerprint density at radius 3 is 2.45 bits per heavy atom. The predicted molar refractivity (Wildman–Crippen MR) is 106 cm³/mol. The van der Waals surface area contributed by atoms with Crippen LogP contribution in [0.25, 0.3) is 0 Å². The number of carbonyl (C=O) groups is 1. The Hall–Kier alpha value is -3.01. The Balaban J connectivity index is 1.36. The molecule has 1 fully saturated rings. The highest BCUT2D eigenvalue weighted by molar-refractivity contribution is 6.02. The van der Waals surface area contributed by atoms with E-state index in [1.807, 2.05) is 24.3 Å². The Morgan fingerprint density at radius 1 is 1.03 bits per heavy atom. The van der Waals surface area contributed by atoms with Gasteiger partial charge in [-0.2, -0.15) is 13.8 Å². The first kappa shape index (κ1) is 21.8. The third kappa shape index (κ3) is 3.07. The highest BCUT2D eigenvalue weighted by Crippen LogP contribution is 2.47. The van der Waals surface area contributed by atoms with Crippen molar-refractivity contribution in [1.29, 1.82) is 0 Å². The molecule has 2 aromatic carbocycles. The summed E-state index contributed by atoms with van der Waals surface area (Å²) in [6, 6.07) is 8.30. The average Bonchev–Trinajstić information content (AvgIpc) is 3.31. The summed E-state index contributed by atoms with van der Waals surface area (Å²) in [7, 11) is 0. The normalized spacial score (nSPS) is 24.1. The number of rotatable bonds is 2. The van der Waals surface area contributed by atoms with E-state index in [1.54, 1.807) is 4.90 Å². The predicted octanol–water partition coefficient (Wildman–Crippen LogP) is 4.39. The molecular formula is C23H19F5N2O3. The molecule has 0 radical (unpaired) electrons. The molecular weight excluding hydrogens is 447 g/mol. The van der Waals surface area contributed by atoms with E-state index in [4.69, 9.17) is 9.47 Å². The molecule has 0 aliphatic carbocycles. The van der Waals surface area contributed by atoms with Crippen LogP contribution in [0.2, 0.25) is 0 Å². The number of fused-ring (bicyclic) bond motifs is 2. The Kier molecular flexibility index (Phi) is 4.79. The number of alkyl halides is 2. The molecule has 3 aliphatic heterocycles. The van der Waals surface area contributed by atoms with Crippen molar-refractivity contribution in [1.82, 2.24) is 4.90 Å². The van der Waals surface area contributed by atoms with Gasteiger partial charge in [0.05, 0.1) is 17.8 Å². The fourth-order valence-corrected chi connectivity index (χ4v) is 4.66. The van der Waals surface area contributed by atoms with Gasteiger partial charge in [-0.1, -0.05) is 24.3 Å². The van der Waals surface area contributed by atoms with Crippen LogP contribution in [0.3, 0.4) is 0 Å². The number of amidine groups is 1. The zero-order valence-corrected chi connectivity index (χ0v) is 17.5. The maximum Gasteiger partial charge on any atom is 0.323 e. The second kappa shape index (κ2) is 7.24. The largest absolute Gasteiger partial charge is 0.441 e. The molecule has 2 aromatic rings. The van der Waals surface area contributed by atoms with Gasteiger partial charge in [0.15, 0.2) is 17.5 Å². The topological polar surface area (TPSA) is 51.1 Å².